The Balaban J connectivity index is 1.35. The minimum Gasteiger partial charge on any atom is -0.475 e. The third kappa shape index (κ3) is 5.39. The van der Waals surface area contributed by atoms with Crippen molar-refractivity contribution in [3.05, 3.63) is 58.7 Å². The van der Waals surface area contributed by atoms with Crippen LogP contribution >= 0.6 is 11.3 Å². The van der Waals surface area contributed by atoms with E-state index < -0.39 is 5.97 Å². The first-order chi connectivity index (χ1) is 18.2. The van der Waals surface area contributed by atoms with E-state index in [1.54, 1.807) is 25.3 Å². The van der Waals surface area contributed by atoms with Gasteiger partial charge in [-0.1, -0.05) is 18.2 Å². The SMILES string of the molecule is CCOC(=O)c1sc(-c2ccnc(NC=O)c2)nc1OCCNc1c2c(nc3ccccc13)CCCC2. The van der Waals surface area contributed by atoms with Gasteiger partial charge in [-0.05, 0) is 56.4 Å². The van der Waals surface area contributed by atoms with Crippen molar-refractivity contribution < 1.29 is 19.1 Å². The smallest absolute Gasteiger partial charge is 0.354 e. The lowest BCUT2D eigenvalue weighted by atomic mass is 9.92. The molecular formula is C27H27N5O4S. The topological polar surface area (TPSA) is 115 Å². The number of nitrogens with one attached hydrogen (secondary N) is 2. The first-order valence-corrected chi connectivity index (χ1v) is 13.1. The van der Waals surface area contributed by atoms with Gasteiger partial charge in [-0.2, -0.15) is 0 Å². The fourth-order valence-electron chi connectivity index (χ4n) is 4.45. The Kier molecular flexibility index (Phi) is 7.55. The van der Waals surface area contributed by atoms with Crippen molar-refractivity contribution in [3.63, 3.8) is 0 Å². The van der Waals surface area contributed by atoms with E-state index in [1.807, 2.05) is 18.2 Å². The van der Waals surface area contributed by atoms with Crippen molar-refractivity contribution in [2.24, 2.45) is 0 Å². The third-order valence-corrected chi connectivity index (χ3v) is 7.15. The van der Waals surface area contributed by atoms with Crippen LogP contribution in [0.15, 0.2) is 42.6 Å². The summed E-state index contributed by atoms with van der Waals surface area (Å²) in [5.74, 6) is 0.132. The molecule has 0 radical (unpaired) electrons. The molecule has 10 heteroatoms. The molecule has 3 aromatic heterocycles. The molecule has 0 bridgehead atoms. The molecule has 0 unspecified atom stereocenters. The fourth-order valence-corrected chi connectivity index (χ4v) is 5.36. The molecule has 1 aliphatic carbocycles. The molecule has 0 fully saturated rings. The summed E-state index contributed by atoms with van der Waals surface area (Å²) >= 11 is 1.18. The summed E-state index contributed by atoms with van der Waals surface area (Å²) in [4.78, 5) is 37.2. The summed E-state index contributed by atoms with van der Waals surface area (Å²) < 4.78 is 11.2. The summed E-state index contributed by atoms with van der Waals surface area (Å²) in [7, 11) is 0. The lowest BCUT2D eigenvalue weighted by Crippen LogP contribution is -2.16. The number of ether oxygens (including phenoxy) is 2. The molecule has 0 aliphatic heterocycles. The van der Waals surface area contributed by atoms with Crippen LogP contribution in [0.25, 0.3) is 21.5 Å². The van der Waals surface area contributed by atoms with E-state index in [4.69, 9.17) is 14.5 Å². The van der Waals surface area contributed by atoms with Gasteiger partial charge in [-0.15, -0.1) is 11.3 Å². The number of nitrogens with zero attached hydrogens (tertiary/aromatic N) is 3. The first kappa shape index (κ1) is 24.6. The molecule has 0 saturated carbocycles. The normalized spacial score (nSPS) is 12.6. The highest BCUT2D eigenvalue weighted by atomic mass is 32.1. The number of aromatic nitrogens is 3. The van der Waals surface area contributed by atoms with Crippen LogP contribution in [0.3, 0.4) is 0 Å². The van der Waals surface area contributed by atoms with Crippen LogP contribution in [0.2, 0.25) is 0 Å². The zero-order valence-electron chi connectivity index (χ0n) is 20.5. The zero-order valence-corrected chi connectivity index (χ0v) is 21.3. The summed E-state index contributed by atoms with van der Waals surface area (Å²) in [5.41, 5.74) is 5.26. The largest absolute Gasteiger partial charge is 0.475 e. The maximum atomic E-state index is 12.6. The number of thiazole rings is 1. The molecular weight excluding hydrogens is 490 g/mol. The van der Waals surface area contributed by atoms with Crippen LogP contribution in [0.1, 0.15) is 40.7 Å². The Morgan fingerprint density at radius 1 is 1.16 bits per heavy atom. The molecule has 190 valence electrons. The van der Waals surface area contributed by atoms with Crippen molar-refractivity contribution in [2.45, 2.75) is 32.6 Å². The molecule has 1 amide bonds. The zero-order chi connectivity index (χ0) is 25.6. The van der Waals surface area contributed by atoms with E-state index in [2.05, 4.69) is 26.7 Å². The molecule has 1 aliphatic rings. The lowest BCUT2D eigenvalue weighted by molar-refractivity contribution is -0.105. The molecule has 2 N–H and O–H groups in total. The highest BCUT2D eigenvalue weighted by molar-refractivity contribution is 7.17. The van der Waals surface area contributed by atoms with E-state index in [0.29, 0.717) is 40.8 Å². The minimum absolute atomic E-state index is 0.226. The predicted molar refractivity (Wildman–Crippen MR) is 143 cm³/mol. The Bertz CT molecular complexity index is 1440. The number of rotatable bonds is 10. The lowest BCUT2D eigenvalue weighted by Gasteiger charge is -2.21. The number of aryl methyl sites for hydroxylation is 1. The van der Waals surface area contributed by atoms with Gasteiger partial charge in [0.05, 0.1) is 12.1 Å². The van der Waals surface area contributed by atoms with Gasteiger partial charge < -0.3 is 20.1 Å². The Morgan fingerprint density at radius 2 is 2.03 bits per heavy atom. The molecule has 3 heterocycles. The fraction of sp³-hybridized carbons (Fsp3) is 0.296. The van der Waals surface area contributed by atoms with E-state index in [-0.39, 0.29) is 12.5 Å². The summed E-state index contributed by atoms with van der Waals surface area (Å²) in [6.45, 7) is 2.83. The third-order valence-electron chi connectivity index (χ3n) is 6.08. The number of pyridine rings is 2. The molecule has 1 aromatic carbocycles. The van der Waals surface area contributed by atoms with Crippen LogP contribution in [0, 0.1) is 0 Å². The predicted octanol–water partition coefficient (Wildman–Crippen LogP) is 4.87. The van der Waals surface area contributed by atoms with Crippen LogP contribution in [-0.2, 0) is 22.4 Å². The number of hydrogen-bond donors (Lipinski definition) is 2. The average Bonchev–Trinajstić information content (AvgIpc) is 3.35. The second-order valence-corrected chi connectivity index (χ2v) is 9.48. The molecule has 0 spiro atoms. The molecule has 4 aromatic rings. The summed E-state index contributed by atoms with van der Waals surface area (Å²) in [6.07, 6.45) is 6.44. The number of amides is 1. The van der Waals surface area contributed by atoms with Crippen molar-refractivity contribution in [1.82, 2.24) is 15.0 Å². The van der Waals surface area contributed by atoms with Gasteiger partial charge in [-0.25, -0.2) is 14.8 Å². The number of hydrogen-bond acceptors (Lipinski definition) is 9. The maximum absolute atomic E-state index is 12.6. The van der Waals surface area contributed by atoms with E-state index >= 15 is 0 Å². The highest BCUT2D eigenvalue weighted by Crippen LogP contribution is 2.35. The van der Waals surface area contributed by atoms with Gasteiger partial charge in [0.25, 0.3) is 0 Å². The minimum atomic E-state index is -0.483. The van der Waals surface area contributed by atoms with E-state index in [9.17, 15) is 9.59 Å². The molecule has 9 nitrogen and oxygen atoms in total. The van der Waals surface area contributed by atoms with Crippen LogP contribution < -0.4 is 15.4 Å². The van der Waals surface area contributed by atoms with Crippen molar-refractivity contribution in [1.29, 1.82) is 0 Å². The number of carbonyl (C=O) groups is 2. The monoisotopic (exact) mass is 517 g/mol. The Labute approximate surface area is 218 Å². The number of esters is 1. The molecule has 0 atom stereocenters. The second-order valence-electron chi connectivity index (χ2n) is 8.48. The maximum Gasteiger partial charge on any atom is 0.354 e. The van der Waals surface area contributed by atoms with Gasteiger partial charge in [0.15, 0.2) is 4.88 Å². The number of para-hydroxylation sites is 1. The number of benzene rings is 1. The van der Waals surface area contributed by atoms with Gasteiger partial charge in [0.2, 0.25) is 12.3 Å². The van der Waals surface area contributed by atoms with Crippen LogP contribution in [-0.4, -0.2) is 47.1 Å². The van der Waals surface area contributed by atoms with Gasteiger partial charge >= 0.3 is 5.97 Å². The van der Waals surface area contributed by atoms with Crippen molar-refractivity contribution in [2.75, 3.05) is 30.4 Å². The van der Waals surface area contributed by atoms with Crippen LogP contribution in [0.4, 0.5) is 11.5 Å². The highest BCUT2D eigenvalue weighted by Gasteiger charge is 2.22. The molecule has 0 saturated heterocycles. The van der Waals surface area contributed by atoms with Gasteiger partial charge in [0, 0.05) is 35.1 Å². The number of anilines is 2. The summed E-state index contributed by atoms with van der Waals surface area (Å²) in [6, 6.07) is 11.6. The quantitative estimate of drug-likeness (QED) is 0.174. The standard InChI is InChI=1S/C27H27N5O4S/c1-2-35-27(34)24-25(32-26(37-24)17-11-12-28-22(15-17)30-16-33)36-14-13-29-23-18-7-3-5-9-20(18)31-21-10-6-4-8-19(21)23/h3,5,7,9,11-12,15-16H,2,4,6,8,10,13-14H2,1H3,(H,29,31)(H,28,30,33). The Hall–Kier alpha value is -4.05. The van der Waals surface area contributed by atoms with Gasteiger partial charge in [0.1, 0.15) is 17.4 Å². The average molecular weight is 518 g/mol. The van der Waals surface area contributed by atoms with Crippen molar-refractivity contribution in [3.8, 4) is 16.5 Å². The first-order valence-electron chi connectivity index (χ1n) is 12.3. The van der Waals surface area contributed by atoms with Gasteiger partial charge in [-0.3, -0.25) is 9.78 Å². The van der Waals surface area contributed by atoms with E-state index in [1.165, 1.54) is 22.6 Å². The van der Waals surface area contributed by atoms with E-state index in [0.717, 1.165) is 42.3 Å². The van der Waals surface area contributed by atoms with Crippen molar-refractivity contribution >= 4 is 46.1 Å². The Morgan fingerprint density at radius 3 is 2.89 bits per heavy atom. The number of carbonyl (C=O) groups excluding carboxylic acids is 2. The molecule has 37 heavy (non-hydrogen) atoms. The van der Waals surface area contributed by atoms with Crippen LogP contribution in [0.5, 0.6) is 5.88 Å². The summed E-state index contributed by atoms with van der Waals surface area (Å²) in [5, 5.41) is 7.76. The molecule has 5 rings (SSSR count). The number of fused-ring (bicyclic) bond motifs is 2. The second kappa shape index (κ2) is 11.3.